The van der Waals surface area contributed by atoms with E-state index < -0.39 is 0 Å². The monoisotopic (exact) mass is 286 g/mol. The molecule has 0 saturated heterocycles. The van der Waals surface area contributed by atoms with Crippen LogP contribution in [-0.2, 0) is 0 Å². The molecule has 0 amide bonds. The van der Waals surface area contributed by atoms with Gasteiger partial charge in [-0.2, -0.15) is 0 Å². The lowest BCUT2D eigenvalue weighted by atomic mass is 10.5. The van der Waals surface area contributed by atoms with E-state index in [9.17, 15) is 0 Å². The van der Waals surface area contributed by atoms with E-state index in [-0.39, 0.29) is 0 Å². The van der Waals surface area contributed by atoms with Crippen molar-refractivity contribution in [2.75, 3.05) is 0 Å². The Balaban J connectivity index is -0.0000000202. The molecule has 0 heteroatoms. The molecule has 0 aromatic heterocycles. The zero-order chi connectivity index (χ0) is 18.2. The van der Waals surface area contributed by atoms with Crippen molar-refractivity contribution in [3.63, 3.8) is 0 Å². The molecule has 0 radical (unpaired) electrons. The standard InChI is InChI=1S/C4H8.C4H6.C3H8.C3H6.3C2H6/c2*1-3-4-2;2*1-3-2;3*1-2/h3H,1,4H2,2H3;3-4H,1-2H2;3H2,1-2H3;3H,1H2,2H3;3*1-2H3. The fourth-order valence-corrected chi connectivity index (χ4v) is 0. The Morgan fingerprint density at radius 1 is 0.650 bits per heavy atom. The zero-order valence-electron chi connectivity index (χ0n) is 16.6. The molecule has 0 N–H and O–H groups in total. The summed E-state index contributed by atoms with van der Waals surface area (Å²) in [5, 5.41) is 0. The average Bonchev–Trinajstić information content (AvgIpc) is 2.54. The van der Waals surface area contributed by atoms with Crippen molar-refractivity contribution in [2.45, 2.75) is 82.1 Å². The summed E-state index contributed by atoms with van der Waals surface area (Å²) in [6.07, 6.45) is 9.24. The second kappa shape index (κ2) is 210. The molecule has 0 aromatic carbocycles. The van der Waals surface area contributed by atoms with Gasteiger partial charge in [0.25, 0.3) is 0 Å². The Labute approximate surface area is 133 Å². The summed E-state index contributed by atoms with van der Waals surface area (Å²) in [6, 6.07) is 0. The van der Waals surface area contributed by atoms with Crippen LogP contribution < -0.4 is 0 Å². The highest BCUT2D eigenvalue weighted by Crippen LogP contribution is 1.66. The molecular formula is C20H46. The van der Waals surface area contributed by atoms with E-state index in [0.29, 0.717) is 0 Å². The minimum atomic E-state index is 1.08. The number of hydrogen-bond donors (Lipinski definition) is 0. The predicted molar refractivity (Wildman–Crippen MR) is 107 cm³/mol. The Morgan fingerprint density at radius 2 is 0.750 bits per heavy atom. The van der Waals surface area contributed by atoms with Crippen molar-refractivity contribution in [3.8, 4) is 0 Å². The van der Waals surface area contributed by atoms with E-state index in [0.717, 1.165) is 6.42 Å². The number of hydrogen-bond acceptors (Lipinski definition) is 0. The second-order valence-corrected chi connectivity index (χ2v) is 2.28. The first-order chi connectivity index (χ1) is 9.66. The van der Waals surface area contributed by atoms with Crippen molar-refractivity contribution >= 4 is 0 Å². The number of allylic oxidation sites excluding steroid dienone is 4. The quantitative estimate of drug-likeness (QED) is 0.352. The third kappa shape index (κ3) is 4690. The first-order valence-corrected chi connectivity index (χ1v) is 8.07. The topological polar surface area (TPSA) is 0 Å². The highest BCUT2D eigenvalue weighted by Gasteiger charge is 1.45. The second-order valence-electron chi connectivity index (χ2n) is 2.28. The van der Waals surface area contributed by atoms with Crippen LogP contribution >= 0.6 is 0 Å². The lowest BCUT2D eigenvalue weighted by Crippen LogP contribution is -1.36. The van der Waals surface area contributed by atoms with Crippen LogP contribution in [0.25, 0.3) is 0 Å². The summed E-state index contributed by atoms with van der Waals surface area (Å²) in [4.78, 5) is 0. The molecule has 0 aromatic rings. The highest BCUT2D eigenvalue weighted by molar-refractivity contribution is 4.88. The molecule has 0 nitrogen and oxygen atoms in total. The molecule has 0 spiro atoms. The van der Waals surface area contributed by atoms with E-state index in [1.54, 1.807) is 18.2 Å². The van der Waals surface area contributed by atoms with Gasteiger partial charge in [-0.3, -0.25) is 0 Å². The Morgan fingerprint density at radius 3 is 0.750 bits per heavy atom. The van der Waals surface area contributed by atoms with Crippen molar-refractivity contribution < 1.29 is 0 Å². The lowest BCUT2D eigenvalue weighted by molar-refractivity contribution is 1.09. The van der Waals surface area contributed by atoms with Crippen molar-refractivity contribution in [1.82, 2.24) is 0 Å². The van der Waals surface area contributed by atoms with Crippen LogP contribution in [0.15, 0.2) is 50.6 Å². The average molecular weight is 287 g/mol. The van der Waals surface area contributed by atoms with Crippen molar-refractivity contribution in [2.24, 2.45) is 0 Å². The molecular weight excluding hydrogens is 240 g/mol. The molecule has 0 aliphatic carbocycles. The Hall–Kier alpha value is -1.04. The SMILES string of the molecule is C=CC.C=CC=C.C=CCC.CC.CC.CC.CCC. The third-order valence-electron chi connectivity index (χ3n) is 0.455. The van der Waals surface area contributed by atoms with Gasteiger partial charge < -0.3 is 0 Å². The smallest absolute Gasteiger partial charge is 0.0382 e. The molecule has 126 valence electrons. The molecule has 0 saturated carbocycles. The summed E-state index contributed by atoms with van der Waals surface area (Å²) >= 11 is 0. The van der Waals surface area contributed by atoms with Gasteiger partial charge in [0, 0.05) is 0 Å². The van der Waals surface area contributed by atoms with E-state index in [1.165, 1.54) is 6.42 Å². The van der Waals surface area contributed by atoms with Gasteiger partial charge in [0.05, 0.1) is 0 Å². The van der Waals surface area contributed by atoms with Gasteiger partial charge in [-0.25, -0.2) is 0 Å². The van der Waals surface area contributed by atoms with Crippen LogP contribution in [0.1, 0.15) is 82.1 Å². The summed E-state index contributed by atoms with van der Waals surface area (Å²) in [7, 11) is 0. The van der Waals surface area contributed by atoms with Gasteiger partial charge in [-0.05, 0) is 13.3 Å². The molecule has 0 fully saturated rings. The van der Waals surface area contributed by atoms with Gasteiger partial charge in [-0.15, -0.1) is 13.2 Å². The normalized spacial score (nSPS) is 4.70. The van der Waals surface area contributed by atoms with E-state index in [4.69, 9.17) is 0 Å². The van der Waals surface area contributed by atoms with Gasteiger partial charge in [-0.1, -0.05) is 106 Å². The summed E-state index contributed by atoms with van der Waals surface area (Å²) < 4.78 is 0. The van der Waals surface area contributed by atoms with Crippen LogP contribution in [0, 0.1) is 0 Å². The van der Waals surface area contributed by atoms with E-state index >= 15 is 0 Å². The molecule has 0 heterocycles. The van der Waals surface area contributed by atoms with Crippen LogP contribution in [0.4, 0.5) is 0 Å². The maximum atomic E-state index is 3.48. The molecule has 20 heavy (non-hydrogen) atoms. The number of rotatable bonds is 2. The molecule has 0 bridgehead atoms. The first kappa shape index (κ1) is 42.8. The van der Waals surface area contributed by atoms with Crippen LogP contribution in [0.5, 0.6) is 0 Å². The molecule has 0 unspecified atom stereocenters. The molecule has 0 atom stereocenters. The minimum Gasteiger partial charge on any atom is -0.103 e. The van der Waals surface area contributed by atoms with Crippen LogP contribution in [0.2, 0.25) is 0 Å². The maximum Gasteiger partial charge on any atom is -0.0382 e. The van der Waals surface area contributed by atoms with Gasteiger partial charge >= 0.3 is 0 Å². The largest absolute Gasteiger partial charge is 0.103 e. The van der Waals surface area contributed by atoms with E-state index in [1.807, 2.05) is 54.5 Å². The van der Waals surface area contributed by atoms with E-state index in [2.05, 4.69) is 47.1 Å². The molecule has 0 rings (SSSR count). The lowest BCUT2D eigenvalue weighted by Gasteiger charge is -1.57. The highest BCUT2D eigenvalue weighted by atomic mass is 13.5. The van der Waals surface area contributed by atoms with Gasteiger partial charge in [0.1, 0.15) is 0 Å². The summed E-state index contributed by atoms with van der Waals surface area (Å²) in [5.41, 5.74) is 0. The predicted octanol–water partition coefficient (Wildman–Crippen LogP) is 8.63. The molecule has 0 aliphatic heterocycles. The molecule has 0 aliphatic rings. The Kier molecular flexibility index (Phi) is 449. The summed E-state index contributed by atoms with van der Waals surface area (Å²) in [6.45, 7) is 33.8. The van der Waals surface area contributed by atoms with Crippen molar-refractivity contribution in [3.05, 3.63) is 50.6 Å². The van der Waals surface area contributed by atoms with Crippen LogP contribution in [-0.4, -0.2) is 0 Å². The maximum absolute atomic E-state index is 3.48. The Bertz CT molecular complexity index is 92.6. The van der Waals surface area contributed by atoms with Crippen molar-refractivity contribution in [1.29, 1.82) is 0 Å². The first-order valence-electron chi connectivity index (χ1n) is 8.07. The third-order valence-corrected chi connectivity index (χ3v) is 0.455. The van der Waals surface area contributed by atoms with Gasteiger partial charge in [0.15, 0.2) is 0 Å². The minimum absolute atomic E-state index is 1.08. The fourth-order valence-electron chi connectivity index (χ4n) is 0. The fraction of sp³-hybridized carbons (Fsp3) is 0.600. The van der Waals surface area contributed by atoms with Crippen LogP contribution in [0.3, 0.4) is 0 Å². The zero-order valence-corrected chi connectivity index (χ0v) is 16.6. The summed E-state index contributed by atoms with van der Waals surface area (Å²) in [5.74, 6) is 0. The van der Waals surface area contributed by atoms with Gasteiger partial charge in [0.2, 0.25) is 0 Å².